The molecule has 2 rings (SSSR count). The molecule has 2 heteroatoms. The van der Waals surface area contributed by atoms with E-state index < -0.39 is 0 Å². The van der Waals surface area contributed by atoms with Gasteiger partial charge < -0.3 is 5.73 Å². The molecule has 0 radical (unpaired) electrons. The van der Waals surface area contributed by atoms with Gasteiger partial charge in [0.25, 0.3) is 0 Å². The highest BCUT2D eigenvalue weighted by atomic mass is 32.1. The van der Waals surface area contributed by atoms with E-state index in [4.69, 9.17) is 5.73 Å². The smallest absolute Gasteiger partial charge is 0.0565 e. The maximum absolute atomic E-state index is 6.53. The number of hydrogen-bond donors (Lipinski definition) is 1. The molecule has 1 unspecified atom stereocenters. The standard InChI is InChI=1S/C18H25NS/c1-11(2)14-6-7-15(16(8-14)12(3)4)18(19)17-10-20-9-13(17)5/h6-12,18H,19H2,1-5H3. The van der Waals surface area contributed by atoms with E-state index in [9.17, 15) is 0 Å². The third-order valence-corrected chi connectivity index (χ3v) is 4.84. The Hall–Kier alpha value is -1.12. The largest absolute Gasteiger partial charge is 0.320 e. The van der Waals surface area contributed by atoms with Crippen LogP contribution in [0.5, 0.6) is 0 Å². The zero-order valence-electron chi connectivity index (χ0n) is 13.1. The van der Waals surface area contributed by atoms with Crippen LogP contribution in [0.15, 0.2) is 29.0 Å². The summed E-state index contributed by atoms with van der Waals surface area (Å²) in [7, 11) is 0. The normalized spacial score (nSPS) is 13.2. The van der Waals surface area contributed by atoms with Crippen molar-refractivity contribution in [2.75, 3.05) is 0 Å². The third-order valence-electron chi connectivity index (χ3n) is 3.96. The van der Waals surface area contributed by atoms with Crippen LogP contribution in [0.4, 0.5) is 0 Å². The predicted molar refractivity (Wildman–Crippen MR) is 89.7 cm³/mol. The van der Waals surface area contributed by atoms with Crippen LogP contribution in [0.2, 0.25) is 0 Å². The van der Waals surface area contributed by atoms with E-state index in [1.54, 1.807) is 11.3 Å². The first-order valence-electron chi connectivity index (χ1n) is 7.33. The zero-order chi connectivity index (χ0) is 14.9. The van der Waals surface area contributed by atoms with Crippen molar-refractivity contribution in [3.05, 3.63) is 56.8 Å². The molecule has 0 saturated heterocycles. The van der Waals surface area contributed by atoms with Crippen molar-refractivity contribution in [3.63, 3.8) is 0 Å². The minimum atomic E-state index is -0.0140. The monoisotopic (exact) mass is 287 g/mol. The van der Waals surface area contributed by atoms with E-state index in [-0.39, 0.29) is 6.04 Å². The number of nitrogens with two attached hydrogens (primary N) is 1. The van der Waals surface area contributed by atoms with E-state index in [1.165, 1.54) is 27.8 Å². The molecule has 1 aromatic heterocycles. The second-order valence-electron chi connectivity index (χ2n) is 6.19. The molecule has 0 fully saturated rings. The van der Waals surface area contributed by atoms with E-state index in [2.05, 4.69) is 63.6 Å². The van der Waals surface area contributed by atoms with Crippen molar-refractivity contribution >= 4 is 11.3 Å². The Labute approximate surface area is 126 Å². The summed E-state index contributed by atoms with van der Waals surface area (Å²) in [5, 5.41) is 4.35. The molecular weight excluding hydrogens is 262 g/mol. The van der Waals surface area contributed by atoms with Crippen LogP contribution >= 0.6 is 11.3 Å². The second kappa shape index (κ2) is 6.11. The molecule has 1 heterocycles. The van der Waals surface area contributed by atoms with Crippen molar-refractivity contribution in [1.29, 1.82) is 0 Å². The summed E-state index contributed by atoms with van der Waals surface area (Å²) >= 11 is 1.73. The molecule has 1 nitrogen and oxygen atoms in total. The van der Waals surface area contributed by atoms with Gasteiger partial charge in [-0.05, 0) is 57.3 Å². The number of benzene rings is 1. The van der Waals surface area contributed by atoms with Crippen LogP contribution in [-0.4, -0.2) is 0 Å². The molecule has 20 heavy (non-hydrogen) atoms. The van der Waals surface area contributed by atoms with Crippen molar-refractivity contribution in [2.24, 2.45) is 5.73 Å². The average molecular weight is 287 g/mol. The number of thiophene rings is 1. The molecule has 0 saturated carbocycles. The Balaban J connectivity index is 2.48. The Bertz CT molecular complexity index is 581. The lowest BCUT2D eigenvalue weighted by atomic mass is 9.86. The van der Waals surface area contributed by atoms with Crippen LogP contribution in [0, 0.1) is 6.92 Å². The van der Waals surface area contributed by atoms with Gasteiger partial charge in [0, 0.05) is 0 Å². The minimum Gasteiger partial charge on any atom is -0.320 e. The lowest BCUT2D eigenvalue weighted by Crippen LogP contribution is -2.15. The fourth-order valence-corrected chi connectivity index (χ4v) is 3.48. The van der Waals surface area contributed by atoms with Crippen LogP contribution in [0.3, 0.4) is 0 Å². The topological polar surface area (TPSA) is 26.0 Å². The molecule has 0 spiro atoms. The molecule has 2 aromatic rings. The highest BCUT2D eigenvalue weighted by Crippen LogP contribution is 2.32. The molecule has 0 aliphatic carbocycles. The van der Waals surface area contributed by atoms with Crippen LogP contribution in [0.1, 0.15) is 73.4 Å². The SMILES string of the molecule is Cc1cscc1C(N)c1ccc(C(C)C)cc1C(C)C. The van der Waals surface area contributed by atoms with Crippen LogP contribution < -0.4 is 5.73 Å². The number of rotatable bonds is 4. The molecule has 108 valence electrons. The molecule has 1 aromatic carbocycles. The summed E-state index contributed by atoms with van der Waals surface area (Å²) in [4.78, 5) is 0. The van der Waals surface area contributed by atoms with E-state index in [1.807, 2.05) is 0 Å². The van der Waals surface area contributed by atoms with Crippen LogP contribution in [-0.2, 0) is 0 Å². The Morgan fingerprint density at radius 2 is 1.60 bits per heavy atom. The maximum atomic E-state index is 6.53. The van der Waals surface area contributed by atoms with Gasteiger partial charge in [0.1, 0.15) is 0 Å². The number of aryl methyl sites for hydroxylation is 1. The van der Waals surface area contributed by atoms with Gasteiger partial charge in [-0.2, -0.15) is 11.3 Å². The summed E-state index contributed by atoms with van der Waals surface area (Å²) in [6, 6.07) is 6.78. The summed E-state index contributed by atoms with van der Waals surface area (Å²) in [6.07, 6.45) is 0. The molecular formula is C18H25NS. The fraction of sp³-hybridized carbons (Fsp3) is 0.444. The Morgan fingerprint density at radius 1 is 0.900 bits per heavy atom. The minimum absolute atomic E-state index is 0.0140. The van der Waals surface area contributed by atoms with Crippen molar-refractivity contribution in [2.45, 2.75) is 52.5 Å². The molecule has 0 aliphatic rings. The van der Waals surface area contributed by atoms with E-state index in [0.717, 1.165) is 0 Å². The van der Waals surface area contributed by atoms with Crippen molar-refractivity contribution in [3.8, 4) is 0 Å². The molecule has 0 amide bonds. The Morgan fingerprint density at radius 3 is 2.10 bits per heavy atom. The lowest BCUT2D eigenvalue weighted by molar-refractivity contribution is 0.780. The van der Waals surface area contributed by atoms with Gasteiger partial charge in [0.15, 0.2) is 0 Å². The van der Waals surface area contributed by atoms with E-state index >= 15 is 0 Å². The van der Waals surface area contributed by atoms with Gasteiger partial charge in [0.2, 0.25) is 0 Å². The molecule has 0 aliphatic heterocycles. The first kappa shape index (κ1) is 15.3. The highest BCUT2D eigenvalue weighted by molar-refractivity contribution is 7.08. The maximum Gasteiger partial charge on any atom is 0.0565 e. The molecule has 2 N–H and O–H groups in total. The van der Waals surface area contributed by atoms with Gasteiger partial charge in [-0.1, -0.05) is 45.9 Å². The second-order valence-corrected chi connectivity index (χ2v) is 6.93. The van der Waals surface area contributed by atoms with Gasteiger partial charge in [-0.3, -0.25) is 0 Å². The number of hydrogen-bond acceptors (Lipinski definition) is 2. The van der Waals surface area contributed by atoms with Gasteiger partial charge in [-0.15, -0.1) is 0 Å². The van der Waals surface area contributed by atoms with Crippen molar-refractivity contribution < 1.29 is 0 Å². The van der Waals surface area contributed by atoms with Gasteiger partial charge >= 0.3 is 0 Å². The molecule has 0 bridgehead atoms. The van der Waals surface area contributed by atoms with Crippen LogP contribution in [0.25, 0.3) is 0 Å². The average Bonchev–Trinajstić information content (AvgIpc) is 2.83. The summed E-state index contributed by atoms with van der Waals surface area (Å²) in [5.74, 6) is 1.05. The lowest BCUT2D eigenvalue weighted by Gasteiger charge is -2.21. The first-order valence-corrected chi connectivity index (χ1v) is 8.28. The Kier molecular flexibility index (Phi) is 4.66. The predicted octanol–water partition coefficient (Wildman–Crippen LogP) is 5.35. The van der Waals surface area contributed by atoms with Gasteiger partial charge in [-0.25, -0.2) is 0 Å². The third kappa shape index (κ3) is 2.97. The zero-order valence-corrected chi connectivity index (χ0v) is 13.9. The summed E-state index contributed by atoms with van der Waals surface area (Å²) < 4.78 is 0. The van der Waals surface area contributed by atoms with Crippen molar-refractivity contribution in [1.82, 2.24) is 0 Å². The first-order chi connectivity index (χ1) is 9.41. The quantitative estimate of drug-likeness (QED) is 0.805. The van der Waals surface area contributed by atoms with E-state index in [0.29, 0.717) is 11.8 Å². The summed E-state index contributed by atoms with van der Waals surface area (Å²) in [6.45, 7) is 11.1. The molecule has 1 atom stereocenters. The highest BCUT2D eigenvalue weighted by Gasteiger charge is 2.18. The van der Waals surface area contributed by atoms with Gasteiger partial charge in [0.05, 0.1) is 6.04 Å². The fourth-order valence-electron chi connectivity index (χ4n) is 2.59. The summed E-state index contributed by atoms with van der Waals surface area (Å²) in [5.41, 5.74) is 13.1.